The third-order valence-electron chi connectivity index (χ3n) is 5.63. The fraction of sp³-hybridized carbons (Fsp3) is 0.542. The number of likely N-dealkylation sites (tertiary alicyclic amines) is 1. The second-order valence-corrected chi connectivity index (χ2v) is 9.08. The number of halogens is 9. The van der Waals surface area contributed by atoms with Gasteiger partial charge in [0.05, 0.1) is 24.6 Å². The molecule has 45 heavy (non-hydrogen) atoms. The first-order chi connectivity index (χ1) is 20.6. The Labute approximate surface area is 248 Å². The van der Waals surface area contributed by atoms with E-state index < -0.39 is 36.4 Å². The van der Waals surface area contributed by atoms with Crippen molar-refractivity contribution in [2.24, 2.45) is 7.05 Å². The van der Waals surface area contributed by atoms with Gasteiger partial charge < -0.3 is 24.8 Å². The van der Waals surface area contributed by atoms with Crippen molar-refractivity contribution in [2.75, 3.05) is 13.2 Å². The number of aryl methyl sites for hydroxylation is 1. The van der Waals surface area contributed by atoms with Crippen molar-refractivity contribution >= 4 is 17.9 Å². The second-order valence-electron chi connectivity index (χ2n) is 9.08. The predicted octanol–water partition coefficient (Wildman–Crippen LogP) is 3.66. The molecule has 2 aromatic heterocycles. The molecule has 12 nitrogen and oxygen atoms in total. The molecule has 0 radical (unpaired) electrons. The molecule has 0 aliphatic carbocycles. The summed E-state index contributed by atoms with van der Waals surface area (Å²) in [6.45, 7) is 3.18. The lowest BCUT2D eigenvalue weighted by atomic mass is 10.0. The molecule has 0 saturated carbocycles. The molecule has 2 fully saturated rings. The first-order valence-electron chi connectivity index (χ1n) is 12.4. The van der Waals surface area contributed by atoms with E-state index in [4.69, 9.17) is 39.2 Å². The standard InChI is InChI=1S/C18H24N4O2.3C2HF3O2/c1-21-10-14(9-20-21)11-22-12-17(18-16(22)6-4-8-23-18)24-13-15-5-2-3-7-19-15;3*3-2(4,5)1(6)7/h2-3,5,7,9-10,16-18H,4,6,8,11-13H2,1H3;3*(H,6,7)/t16-,17-,18+;;;/m1.../s1. The predicted molar refractivity (Wildman–Crippen MR) is 130 cm³/mol. The Morgan fingerprint density at radius 3 is 1.91 bits per heavy atom. The van der Waals surface area contributed by atoms with Crippen LogP contribution >= 0.6 is 0 Å². The van der Waals surface area contributed by atoms with Crippen LogP contribution in [0.25, 0.3) is 0 Å². The second kappa shape index (κ2) is 16.9. The van der Waals surface area contributed by atoms with Crippen molar-refractivity contribution < 1.29 is 78.7 Å². The molecule has 0 amide bonds. The zero-order chi connectivity index (χ0) is 34.6. The Morgan fingerprint density at radius 1 is 0.956 bits per heavy atom. The van der Waals surface area contributed by atoms with E-state index in [0.29, 0.717) is 12.6 Å². The van der Waals surface area contributed by atoms with Crippen LogP contribution in [0.5, 0.6) is 0 Å². The van der Waals surface area contributed by atoms with Gasteiger partial charge in [-0.1, -0.05) is 6.07 Å². The van der Waals surface area contributed by atoms with E-state index in [1.54, 1.807) is 0 Å². The Morgan fingerprint density at radius 2 is 1.49 bits per heavy atom. The topological polar surface area (TPSA) is 164 Å². The Balaban J connectivity index is 0.000000396. The van der Waals surface area contributed by atoms with E-state index in [1.165, 1.54) is 12.0 Å². The van der Waals surface area contributed by atoms with Crippen LogP contribution in [0.1, 0.15) is 24.1 Å². The van der Waals surface area contributed by atoms with Crippen LogP contribution in [0, 0.1) is 0 Å². The van der Waals surface area contributed by atoms with Gasteiger partial charge >= 0.3 is 36.4 Å². The Bertz CT molecular complexity index is 1170. The number of rotatable bonds is 5. The molecule has 3 N–H and O–H groups in total. The zero-order valence-electron chi connectivity index (χ0n) is 23.0. The van der Waals surface area contributed by atoms with Gasteiger partial charge in [0.15, 0.2) is 0 Å². The third-order valence-corrected chi connectivity index (χ3v) is 5.63. The summed E-state index contributed by atoms with van der Waals surface area (Å²) in [5, 5.41) is 25.7. The van der Waals surface area contributed by atoms with Crippen LogP contribution in [-0.2, 0) is 44.1 Å². The maximum absolute atomic E-state index is 10.6. The number of hydrogen-bond acceptors (Lipinski definition) is 8. The highest BCUT2D eigenvalue weighted by Crippen LogP contribution is 2.32. The van der Waals surface area contributed by atoms with Gasteiger partial charge in [-0.25, -0.2) is 14.4 Å². The van der Waals surface area contributed by atoms with E-state index in [2.05, 4.69) is 21.2 Å². The average Bonchev–Trinajstić information content (AvgIpc) is 3.50. The van der Waals surface area contributed by atoms with E-state index in [9.17, 15) is 39.5 Å². The number of fused-ring (bicyclic) bond motifs is 1. The van der Waals surface area contributed by atoms with E-state index in [0.717, 1.165) is 31.8 Å². The van der Waals surface area contributed by atoms with Gasteiger partial charge in [0.1, 0.15) is 6.10 Å². The minimum atomic E-state index is -5.08. The van der Waals surface area contributed by atoms with Crippen LogP contribution in [0.4, 0.5) is 39.5 Å². The number of nitrogens with zero attached hydrogens (tertiary/aromatic N) is 4. The fourth-order valence-corrected chi connectivity index (χ4v) is 3.80. The van der Waals surface area contributed by atoms with Crippen LogP contribution in [-0.4, -0.2) is 103 Å². The highest BCUT2D eigenvalue weighted by molar-refractivity contribution is 5.73. The van der Waals surface area contributed by atoms with Crippen molar-refractivity contribution in [3.05, 3.63) is 48.0 Å². The lowest BCUT2D eigenvalue weighted by Crippen LogP contribution is -2.41. The molecule has 0 spiro atoms. The minimum absolute atomic E-state index is 0.106. The molecular formula is C24H27F9N4O8. The molecule has 21 heteroatoms. The van der Waals surface area contributed by atoms with Gasteiger partial charge in [0.2, 0.25) is 0 Å². The fourth-order valence-electron chi connectivity index (χ4n) is 3.80. The molecule has 254 valence electrons. The van der Waals surface area contributed by atoms with Gasteiger partial charge in [0.25, 0.3) is 0 Å². The molecule has 0 bridgehead atoms. The maximum Gasteiger partial charge on any atom is 0.490 e. The molecule has 4 rings (SSSR count). The third kappa shape index (κ3) is 14.6. The quantitative estimate of drug-likeness (QED) is 0.398. The summed E-state index contributed by atoms with van der Waals surface area (Å²) >= 11 is 0. The largest absolute Gasteiger partial charge is 0.490 e. The number of aromatic nitrogens is 3. The first kappa shape index (κ1) is 39.0. The highest BCUT2D eigenvalue weighted by atomic mass is 19.4. The summed E-state index contributed by atoms with van der Waals surface area (Å²) in [6, 6.07) is 6.36. The number of carboxylic acid groups (broad SMARTS) is 3. The number of hydrogen-bond donors (Lipinski definition) is 3. The average molecular weight is 670 g/mol. The SMILES string of the molecule is Cn1cc(CN2C[C@@H](OCc3ccccn3)[C@H]3OCCC[C@H]32)cn1.O=C(O)C(F)(F)F.O=C(O)C(F)(F)F.O=C(O)C(F)(F)F. The van der Waals surface area contributed by atoms with Crippen LogP contribution < -0.4 is 0 Å². The summed E-state index contributed by atoms with van der Waals surface area (Å²) in [4.78, 5) is 33.5. The molecule has 3 atom stereocenters. The molecule has 2 aliphatic rings. The molecule has 2 aliphatic heterocycles. The van der Waals surface area contributed by atoms with Crippen LogP contribution in [0.15, 0.2) is 36.8 Å². The normalized spacial score (nSPS) is 19.8. The Kier molecular flexibility index (Phi) is 14.7. The van der Waals surface area contributed by atoms with E-state index >= 15 is 0 Å². The molecule has 2 aromatic rings. The van der Waals surface area contributed by atoms with Gasteiger partial charge in [-0.05, 0) is 25.0 Å². The molecule has 2 saturated heterocycles. The van der Waals surface area contributed by atoms with Gasteiger partial charge in [-0.2, -0.15) is 44.6 Å². The number of alkyl halides is 9. The van der Waals surface area contributed by atoms with Gasteiger partial charge in [0, 0.05) is 50.7 Å². The van der Waals surface area contributed by atoms with Crippen LogP contribution in [0.2, 0.25) is 0 Å². The lowest BCUT2D eigenvalue weighted by Gasteiger charge is -2.32. The minimum Gasteiger partial charge on any atom is -0.475 e. The lowest BCUT2D eigenvalue weighted by molar-refractivity contribution is -0.193. The van der Waals surface area contributed by atoms with Crippen molar-refractivity contribution in [1.82, 2.24) is 19.7 Å². The van der Waals surface area contributed by atoms with Gasteiger partial charge in [-0.15, -0.1) is 0 Å². The number of carbonyl (C=O) groups is 3. The maximum atomic E-state index is 10.6. The van der Waals surface area contributed by atoms with Gasteiger partial charge in [-0.3, -0.25) is 14.6 Å². The molecular weight excluding hydrogens is 643 g/mol. The monoisotopic (exact) mass is 670 g/mol. The zero-order valence-corrected chi connectivity index (χ0v) is 23.0. The van der Waals surface area contributed by atoms with Crippen molar-refractivity contribution in [3.63, 3.8) is 0 Å². The molecule has 4 heterocycles. The highest BCUT2D eigenvalue weighted by Gasteiger charge is 2.44. The Hall–Kier alpha value is -3.98. The van der Waals surface area contributed by atoms with Crippen molar-refractivity contribution in [3.8, 4) is 0 Å². The van der Waals surface area contributed by atoms with E-state index in [1.807, 2.05) is 42.3 Å². The van der Waals surface area contributed by atoms with Crippen molar-refractivity contribution in [1.29, 1.82) is 0 Å². The summed E-state index contributed by atoms with van der Waals surface area (Å²) < 4.78 is 109. The summed E-state index contributed by atoms with van der Waals surface area (Å²) in [5.41, 5.74) is 2.21. The number of pyridine rings is 1. The number of ether oxygens (including phenoxy) is 2. The van der Waals surface area contributed by atoms with Crippen LogP contribution in [0.3, 0.4) is 0 Å². The van der Waals surface area contributed by atoms with Crippen molar-refractivity contribution in [2.45, 2.75) is 62.8 Å². The number of aliphatic carboxylic acids is 3. The summed E-state index contributed by atoms with van der Waals surface area (Å²) in [7, 11) is 1.96. The summed E-state index contributed by atoms with van der Waals surface area (Å²) in [5.74, 6) is -8.27. The number of carboxylic acids is 3. The molecule has 0 aromatic carbocycles. The summed E-state index contributed by atoms with van der Waals surface area (Å²) in [6.07, 6.45) is -6.84. The smallest absolute Gasteiger partial charge is 0.475 e. The first-order valence-corrected chi connectivity index (χ1v) is 12.4. The molecule has 0 unspecified atom stereocenters. The van der Waals surface area contributed by atoms with E-state index in [-0.39, 0.29) is 12.2 Å².